The molecule has 1 aromatic rings. The molecule has 1 amide bonds. The van der Waals surface area contributed by atoms with Crippen molar-refractivity contribution in [3.8, 4) is 0 Å². The van der Waals surface area contributed by atoms with Crippen LogP contribution in [-0.4, -0.2) is 11.9 Å². The molecule has 0 bridgehead atoms. The zero-order valence-corrected chi connectivity index (χ0v) is 10.4. The Bertz CT molecular complexity index is 339. The second-order valence-electron chi connectivity index (χ2n) is 5.08. The molecule has 3 heteroatoms. The Labute approximate surface area is 103 Å². The highest BCUT2D eigenvalue weighted by Crippen LogP contribution is 2.23. The van der Waals surface area contributed by atoms with Crippen molar-refractivity contribution in [1.82, 2.24) is 5.32 Å². The molecule has 94 valence electrons. The van der Waals surface area contributed by atoms with Crippen molar-refractivity contribution in [3.63, 3.8) is 0 Å². The summed E-state index contributed by atoms with van der Waals surface area (Å²) in [5, 5.41) is 3.11. The van der Waals surface area contributed by atoms with E-state index in [1.807, 2.05) is 13.0 Å². The van der Waals surface area contributed by atoms with E-state index in [9.17, 15) is 4.79 Å². The highest BCUT2D eigenvalue weighted by molar-refractivity contribution is 5.79. The minimum absolute atomic E-state index is 0.182. The van der Waals surface area contributed by atoms with Crippen molar-refractivity contribution >= 4 is 5.91 Å². The zero-order chi connectivity index (χ0) is 12.1. The fraction of sp³-hybridized carbons (Fsp3) is 0.643. The van der Waals surface area contributed by atoms with Crippen LogP contribution in [0.25, 0.3) is 0 Å². The molecule has 0 radical (unpaired) electrons. The second kappa shape index (κ2) is 5.89. The van der Waals surface area contributed by atoms with Gasteiger partial charge >= 0.3 is 0 Å². The van der Waals surface area contributed by atoms with E-state index in [0.29, 0.717) is 0 Å². The topological polar surface area (TPSA) is 42.2 Å². The Hall–Kier alpha value is -1.25. The summed E-state index contributed by atoms with van der Waals surface area (Å²) in [7, 11) is 0. The van der Waals surface area contributed by atoms with E-state index in [-0.39, 0.29) is 17.9 Å². The molecule has 17 heavy (non-hydrogen) atoms. The molecule has 1 aliphatic carbocycles. The molecule has 1 heterocycles. The van der Waals surface area contributed by atoms with Crippen molar-refractivity contribution in [1.29, 1.82) is 0 Å². The quantitative estimate of drug-likeness (QED) is 0.872. The van der Waals surface area contributed by atoms with E-state index >= 15 is 0 Å². The third kappa shape index (κ3) is 3.62. The first kappa shape index (κ1) is 12.2. The largest absolute Gasteiger partial charge is 0.472 e. The van der Waals surface area contributed by atoms with Crippen LogP contribution in [0.3, 0.4) is 0 Å². The van der Waals surface area contributed by atoms with Gasteiger partial charge in [0.1, 0.15) is 0 Å². The molecule has 3 nitrogen and oxygen atoms in total. The van der Waals surface area contributed by atoms with E-state index in [1.165, 1.54) is 19.3 Å². The molecule has 1 fully saturated rings. The molecule has 1 aliphatic rings. The van der Waals surface area contributed by atoms with Crippen molar-refractivity contribution in [2.75, 3.05) is 0 Å². The van der Waals surface area contributed by atoms with Crippen LogP contribution < -0.4 is 5.32 Å². The van der Waals surface area contributed by atoms with Crippen LogP contribution >= 0.6 is 0 Å². The molecule has 0 aromatic carbocycles. The normalized spacial score (nSPS) is 18.9. The number of amides is 1. The third-order valence-corrected chi connectivity index (χ3v) is 3.49. The van der Waals surface area contributed by atoms with E-state index in [4.69, 9.17) is 4.42 Å². The van der Waals surface area contributed by atoms with Crippen LogP contribution in [0, 0.1) is 5.92 Å². The standard InChI is InChI=1S/C14H21NO2/c1-11(9-12-7-8-17-10-12)15-14(16)13-5-3-2-4-6-13/h7-8,10-11,13H,2-6,9H2,1H3,(H,15,16). The number of hydrogen-bond acceptors (Lipinski definition) is 2. The number of carbonyl (C=O) groups excluding carboxylic acids is 1. The molecule has 1 N–H and O–H groups in total. The maximum atomic E-state index is 12.0. The highest BCUT2D eigenvalue weighted by Gasteiger charge is 2.22. The minimum Gasteiger partial charge on any atom is -0.472 e. The van der Waals surface area contributed by atoms with Gasteiger partial charge in [0.15, 0.2) is 0 Å². The summed E-state index contributed by atoms with van der Waals surface area (Å²) >= 11 is 0. The predicted octanol–water partition coefficient (Wildman–Crippen LogP) is 2.91. The average molecular weight is 235 g/mol. The molecule has 1 unspecified atom stereocenters. The van der Waals surface area contributed by atoms with Crippen LogP contribution in [0.4, 0.5) is 0 Å². The SMILES string of the molecule is CC(Cc1ccoc1)NC(=O)C1CCCCC1. The van der Waals surface area contributed by atoms with Gasteiger partial charge in [-0.1, -0.05) is 19.3 Å². The average Bonchev–Trinajstić information content (AvgIpc) is 2.82. The number of hydrogen-bond donors (Lipinski definition) is 1. The first-order valence-electron chi connectivity index (χ1n) is 6.57. The van der Waals surface area contributed by atoms with Gasteiger partial charge in [0.25, 0.3) is 0 Å². The third-order valence-electron chi connectivity index (χ3n) is 3.49. The van der Waals surface area contributed by atoms with E-state index in [1.54, 1.807) is 12.5 Å². The summed E-state index contributed by atoms with van der Waals surface area (Å²) in [4.78, 5) is 12.0. The van der Waals surface area contributed by atoms with Crippen LogP contribution in [0.1, 0.15) is 44.6 Å². The zero-order valence-electron chi connectivity index (χ0n) is 10.4. The summed E-state index contributed by atoms with van der Waals surface area (Å²) in [5.74, 6) is 0.483. The lowest BCUT2D eigenvalue weighted by Crippen LogP contribution is -2.39. The molecule has 0 aliphatic heterocycles. The molecule has 1 aromatic heterocycles. The molecule has 1 atom stereocenters. The number of nitrogens with one attached hydrogen (secondary N) is 1. The Balaban J connectivity index is 1.77. The summed E-state index contributed by atoms with van der Waals surface area (Å²) in [5.41, 5.74) is 1.14. The van der Waals surface area contributed by atoms with Gasteiger partial charge in [0.05, 0.1) is 12.5 Å². The van der Waals surface area contributed by atoms with E-state index in [0.717, 1.165) is 24.8 Å². The summed E-state index contributed by atoms with van der Waals surface area (Å²) in [6.07, 6.45) is 10.1. The number of furan rings is 1. The lowest BCUT2D eigenvalue weighted by atomic mass is 9.88. The van der Waals surface area contributed by atoms with E-state index < -0.39 is 0 Å². The Kier molecular flexibility index (Phi) is 4.24. The minimum atomic E-state index is 0.182. The molecule has 0 saturated heterocycles. The maximum absolute atomic E-state index is 12.0. The second-order valence-corrected chi connectivity index (χ2v) is 5.08. The number of rotatable bonds is 4. The van der Waals surface area contributed by atoms with Gasteiger partial charge in [-0.2, -0.15) is 0 Å². The van der Waals surface area contributed by atoms with Crippen LogP contribution in [0.5, 0.6) is 0 Å². The van der Waals surface area contributed by atoms with Crippen molar-refractivity contribution in [3.05, 3.63) is 24.2 Å². The monoisotopic (exact) mass is 235 g/mol. The smallest absolute Gasteiger partial charge is 0.223 e. The van der Waals surface area contributed by atoms with Gasteiger partial charge < -0.3 is 9.73 Å². The van der Waals surface area contributed by atoms with Crippen molar-refractivity contribution < 1.29 is 9.21 Å². The van der Waals surface area contributed by atoms with Crippen molar-refractivity contribution in [2.45, 2.75) is 51.5 Å². The summed E-state index contributed by atoms with van der Waals surface area (Å²) in [6, 6.07) is 2.13. The lowest BCUT2D eigenvalue weighted by molar-refractivity contribution is -0.126. The maximum Gasteiger partial charge on any atom is 0.223 e. The predicted molar refractivity (Wildman–Crippen MR) is 66.6 cm³/mol. The van der Waals surface area contributed by atoms with Gasteiger partial charge in [0, 0.05) is 12.0 Å². The van der Waals surface area contributed by atoms with Gasteiger partial charge in [-0.05, 0) is 37.8 Å². The summed E-state index contributed by atoms with van der Waals surface area (Å²) < 4.78 is 5.02. The van der Waals surface area contributed by atoms with Gasteiger partial charge in [-0.15, -0.1) is 0 Å². The molecule has 0 spiro atoms. The lowest BCUT2D eigenvalue weighted by Gasteiger charge is -2.23. The fourth-order valence-corrected chi connectivity index (χ4v) is 2.54. The first-order valence-corrected chi connectivity index (χ1v) is 6.57. The summed E-state index contributed by atoms with van der Waals surface area (Å²) in [6.45, 7) is 2.05. The fourth-order valence-electron chi connectivity index (χ4n) is 2.54. The Morgan fingerprint density at radius 3 is 2.88 bits per heavy atom. The first-order chi connectivity index (χ1) is 8.25. The van der Waals surface area contributed by atoms with Crippen LogP contribution in [-0.2, 0) is 11.2 Å². The molecule has 1 saturated carbocycles. The van der Waals surface area contributed by atoms with Crippen LogP contribution in [0.2, 0.25) is 0 Å². The number of carbonyl (C=O) groups is 1. The Morgan fingerprint density at radius 2 is 2.24 bits per heavy atom. The van der Waals surface area contributed by atoms with Crippen LogP contribution in [0.15, 0.2) is 23.0 Å². The molecule has 2 rings (SSSR count). The Morgan fingerprint density at radius 1 is 1.47 bits per heavy atom. The van der Waals surface area contributed by atoms with E-state index in [2.05, 4.69) is 5.32 Å². The van der Waals surface area contributed by atoms with Gasteiger partial charge in [-0.3, -0.25) is 4.79 Å². The molecular weight excluding hydrogens is 214 g/mol. The highest BCUT2D eigenvalue weighted by atomic mass is 16.3. The van der Waals surface area contributed by atoms with Crippen molar-refractivity contribution in [2.24, 2.45) is 5.92 Å². The molecular formula is C14H21NO2. The van der Waals surface area contributed by atoms with Gasteiger partial charge in [-0.25, -0.2) is 0 Å². The van der Waals surface area contributed by atoms with Gasteiger partial charge in [0.2, 0.25) is 5.91 Å².